The quantitative estimate of drug-likeness (QED) is 0.327. The molecular formula is C26H15F5N2O. The highest BCUT2D eigenvalue weighted by Crippen LogP contribution is 2.34. The monoisotopic (exact) mass is 466 g/mol. The number of hydrogen-bond acceptors (Lipinski definition) is 2. The summed E-state index contributed by atoms with van der Waals surface area (Å²) in [5, 5.41) is 9.28. The second-order valence-corrected chi connectivity index (χ2v) is 7.50. The molecule has 0 fully saturated rings. The van der Waals surface area contributed by atoms with Crippen LogP contribution in [0.3, 0.4) is 0 Å². The van der Waals surface area contributed by atoms with E-state index in [1.807, 2.05) is 30.3 Å². The van der Waals surface area contributed by atoms with Crippen molar-refractivity contribution < 1.29 is 22.0 Å². The maximum Gasteiger partial charge on any atom is 0.417 e. The molecule has 3 nitrogen and oxygen atoms in total. The van der Waals surface area contributed by atoms with Gasteiger partial charge in [0.1, 0.15) is 23.3 Å². The normalized spacial score (nSPS) is 11.3. The van der Waals surface area contributed by atoms with E-state index in [1.165, 1.54) is 6.07 Å². The van der Waals surface area contributed by atoms with Gasteiger partial charge in [-0.15, -0.1) is 0 Å². The first-order valence-electron chi connectivity index (χ1n) is 10.0. The molecule has 4 aromatic rings. The molecule has 0 aliphatic heterocycles. The number of benzene rings is 3. The van der Waals surface area contributed by atoms with Gasteiger partial charge in [-0.05, 0) is 28.8 Å². The Balaban J connectivity index is 1.91. The zero-order valence-corrected chi connectivity index (χ0v) is 17.4. The average molecular weight is 466 g/mol. The van der Waals surface area contributed by atoms with Crippen LogP contribution in [0, 0.1) is 23.0 Å². The van der Waals surface area contributed by atoms with Crippen molar-refractivity contribution in [3.63, 3.8) is 0 Å². The first kappa shape index (κ1) is 22.9. The summed E-state index contributed by atoms with van der Waals surface area (Å²) >= 11 is 0. The molecular weight excluding hydrogens is 451 g/mol. The minimum absolute atomic E-state index is 0.116. The molecule has 0 saturated heterocycles. The van der Waals surface area contributed by atoms with Crippen LogP contribution in [0.1, 0.15) is 16.7 Å². The Morgan fingerprint density at radius 3 is 2.03 bits per heavy atom. The Bertz CT molecular complexity index is 1450. The smallest absolute Gasteiger partial charge is 0.303 e. The minimum Gasteiger partial charge on any atom is -0.303 e. The Labute approximate surface area is 191 Å². The molecule has 0 radical (unpaired) electrons. The van der Waals surface area contributed by atoms with E-state index in [4.69, 9.17) is 0 Å². The lowest BCUT2D eigenvalue weighted by Crippen LogP contribution is -2.29. The first-order chi connectivity index (χ1) is 16.2. The first-order valence-corrected chi connectivity index (χ1v) is 10.0. The van der Waals surface area contributed by atoms with Gasteiger partial charge in [-0.1, -0.05) is 60.7 Å². The summed E-state index contributed by atoms with van der Waals surface area (Å²) in [6.45, 7) is -0.493. The molecule has 170 valence electrons. The zero-order valence-electron chi connectivity index (χ0n) is 17.4. The van der Waals surface area contributed by atoms with Gasteiger partial charge in [0.05, 0.1) is 17.8 Å². The number of rotatable bonds is 4. The maximum absolute atomic E-state index is 14.3. The molecule has 4 rings (SSSR count). The molecule has 8 heteroatoms. The fourth-order valence-electron chi connectivity index (χ4n) is 3.66. The molecule has 0 aliphatic rings. The van der Waals surface area contributed by atoms with Crippen LogP contribution in [0.4, 0.5) is 22.0 Å². The number of nitrogens with zero attached hydrogens (tertiary/aromatic N) is 2. The largest absolute Gasteiger partial charge is 0.417 e. The van der Waals surface area contributed by atoms with Crippen molar-refractivity contribution in [2.75, 3.05) is 0 Å². The highest BCUT2D eigenvalue weighted by atomic mass is 19.4. The number of aromatic nitrogens is 1. The van der Waals surface area contributed by atoms with E-state index in [0.29, 0.717) is 12.1 Å². The molecule has 0 atom stereocenters. The predicted molar refractivity (Wildman–Crippen MR) is 117 cm³/mol. The van der Waals surface area contributed by atoms with Crippen LogP contribution in [-0.4, -0.2) is 4.57 Å². The van der Waals surface area contributed by atoms with Crippen LogP contribution in [-0.2, 0) is 12.7 Å². The Morgan fingerprint density at radius 2 is 1.44 bits per heavy atom. The van der Waals surface area contributed by atoms with E-state index in [9.17, 15) is 32.0 Å². The van der Waals surface area contributed by atoms with Gasteiger partial charge in [0.2, 0.25) is 0 Å². The van der Waals surface area contributed by atoms with E-state index < -0.39 is 41.0 Å². The number of nitriles is 1. The average Bonchev–Trinajstić information content (AvgIpc) is 2.81. The molecule has 0 aliphatic carbocycles. The van der Waals surface area contributed by atoms with E-state index in [-0.39, 0.29) is 16.8 Å². The zero-order chi connectivity index (χ0) is 24.5. The molecule has 1 heterocycles. The van der Waals surface area contributed by atoms with Gasteiger partial charge in [0.15, 0.2) is 0 Å². The van der Waals surface area contributed by atoms with Crippen LogP contribution in [0.25, 0.3) is 22.4 Å². The van der Waals surface area contributed by atoms with Crippen LogP contribution in [0.2, 0.25) is 0 Å². The van der Waals surface area contributed by atoms with Gasteiger partial charge in [-0.25, -0.2) is 8.78 Å². The summed E-state index contributed by atoms with van der Waals surface area (Å²) in [5.74, 6) is -1.80. The van der Waals surface area contributed by atoms with Gasteiger partial charge >= 0.3 is 6.18 Å². The number of pyridine rings is 1. The third-order valence-corrected chi connectivity index (χ3v) is 5.35. The molecule has 0 N–H and O–H groups in total. The molecule has 0 unspecified atom stereocenters. The van der Waals surface area contributed by atoms with Crippen molar-refractivity contribution in [1.29, 1.82) is 5.26 Å². The lowest BCUT2D eigenvalue weighted by atomic mass is 10.00. The SMILES string of the molecule is N#Cc1c(C(F)(F)F)cc(-c2ccc(-c3ccccc3)cc2)n(Cc2ccc(F)cc2F)c1=O. The molecule has 1 aromatic heterocycles. The van der Waals surface area contributed by atoms with Crippen molar-refractivity contribution in [3.05, 3.63) is 118 Å². The van der Waals surface area contributed by atoms with Crippen LogP contribution in [0.5, 0.6) is 0 Å². The number of hydrogen-bond donors (Lipinski definition) is 0. The molecule has 0 spiro atoms. The highest BCUT2D eigenvalue weighted by molar-refractivity contribution is 5.70. The standard InChI is InChI=1S/C26H15F5N2O/c27-20-11-10-19(23(28)12-20)15-33-24(13-22(26(29,30)31)21(14-32)25(33)34)18-8-6-17(7-9-18)16-4-2-1-3-5-16/h1-13H,15H2. The Kier molecular flexibility index (Phi) is 6.03. The number of halogens is 5. The topological polar surface area (TPSA) is 45.8 Å². The van der Waals surface area contributed by atoms with Crippen molar-refractivity contribution >= 4 is 0 Å². The van der Waals surface area contributed by atoms with E-state index in [2.05, 4.69) is 0 Å². The molecule has 0 amide bonds. The highest BCUT2D eigenvalue weighted by Gasteiger charge is 2.36. The minimum atomic E-state index is -4.96. The summed E-state index contributed by atoms with van der Waals surface area (Å²) in [6, 6.07) is 20.4. The van der Waals surface area contributed by atoms with Crippen molar-refractivity contribution in [2.45, 2.75) is 12.7 Å². The van der Waals surface area contributed by atoms with E-state index in [0.717, 1.165) is 27.8 Å². The van der Waals surface area contributed by atoms with Crippen molar-refractivity contribution in [3.8, 4) is 28.5 Å². The van der Waals surface area contributed by atoms with E-state index in [1.54, 1.807) is 24.3 Å². The Hall–Kier alpha value is -4.25. The van der Waals surface area contributed by atoms with Crippen molar-refractivity contribution in [1.82, 2.24) is 4.57 Å². The summed E-state index contributed by atoms with van der Waals surface area (Å²) in [6.07, 6.45) is -4.96. The lowest BCUT2D eigenvalue weighted by Gasteiger charge is -2.18. The summed E-state index contributed by atoms with van der Waals surface area (Å²) in [4.78, 5) is 13.0. The summed E-state index contributed by atoms with van der Waals surface area (Å²) in [5.41, 5.74) is -2.02. The summed E-state index contributed by atoms with van der Waals surface area (Å²) in [7, 11) is 0. The van der Waals surface area contributed by atoms with Crippen LogP contribution < -0.4 is 5.56 Å². The molecule has 0 bridgehead atoms. The molecule has 3 aromatic carbocycles. The molecule has 34 heavy (non-hydrogen) atoms. The van der Waals surface area contributed by atoms with Crippen LogP contribution in [0.15, 0.2) is 83.7 Å². The second-order valence-electron chi connectivity index (χ2n) is 7.50. The van der Waals surface area contributed by atoms with Gasteiger partial charge in [0.25, 0.3) is 5.56 Å². The summed E-state index contributed by atoms with van der Waals surface area (Å²) < 4.78 is 69.5. The van der Waals surface area contributed by atoms with Crippen LogP contribution >= 0.6 is 0 Å². The Morgan fingerprint density at radius 1 is 0.824 bits per heavy atom. The fourth-order valence-corrected chi connectivity index (χ4v) is 3.66. The third-order valence-electron chi connectivity index (χ3n) is 5.35. The molecule has 0 saturated carbocycles. The predicted octanol–water partition coefficient (Wildman–Crippen LogP) is 6.40. The van der Waals surface area contributed by atoms with E-state index >= 15 is 0 Å². The van der Waals surface area contributed by atoms with Gasteiger partial charge < -0.3 is 4.57 Å². The lowest BCUT2D eigenvalue weighted by molar-refractivity contribution is -0.137. The second kappa shape index (κ2) is 8.94. The van der Waals surface area contributed by atoms with Crippen molar-refractivity contribution in [2.24, 2.45) is 0 Å². The van der Waals surface area contributed by atoms with Gasteiger partial charge in [0, 0.05) is 11.6 Å². The third kappa shape index (κ3) is 4.46. The number of alkyl halides is 3. The van der Waals surface area contributed by atoms with Gasteiger partial charge in [-0.3, -0.25) is 4.79 Å². The fraction of sp³-hybridized carbons (Fsp3) is 0.0769. The van der Waals surface area contributed by atoms with Gasteiger partial charge in [-0.2, -0.15) is 18.4 Å². The maximum atomic E-state index is 14.3.